The number of Topliss-reactive ketones (excluding diaryl/α,β-unsaturated/α-hetero) is 1. The van der Waals surface area contributed by atoms with Crippen molar-refractivity contribution in [1.29, 1.82) is 0 Å². The van der Waals surface area contributed by atoms with Crippen LogP contribution >= 0.6 is 0 Å². The van der Waals surface area contributed by atoms with E-state index in [-0.39, 0.29) is 17.7 Å². The zero-order chi connectivity index (χ0) is 15.3. The van der Waals surface area contributed by atoms with Crippen LogP contribution in [0.4, 0.5) is 4.79 Å². The van der Waals surface area contributed by atoms with Crippen LogP contribution in [0.1, 0.15) is 12.8 Å². The van der Waals surface area contributed by atoms with Crippen LogP contribution in [0.2, 0.25) is 19.6 Å². The summed E-state index contributed by atoms with van der Waals surface area (Å²) in [6.07, 6.45) is 2.27. The third-order valence-electron chi connectivity index (χ3n) is 3.16. The van der Waals surface area contributed by atoms with E-state index in [1.54, 1.807) is 0 Å². The van der Waals surface area contributed by atoms with Gasteiger partial charge in [0, 0.05) is 6.54 Å². The molecule has 0 N–H and O–H groups in total. The van der Waals surface area contributed by atoms with Gasteiger partial charge in [-0.1, -0.05) is 32.3 Å². The van der Waals surface area contributed by atoms with E-state index >= 15 is 0 Å². The first-order chi connectivity index (χ1) is 9.32. The van der Waals surface area contributed by atoms with Gasteiger partial charge < -0.3 is 10.3 Å². The number of likely N-dealkylation sites (tertiary alicyclic amines) is 1. The number of rotatable bonds is 5. The zero-order valence-corrected chi connectivity index (χ0v) is 13.3. The summed E-state index contributed by atoms with van der Waals surface area (Å²) in [7, 11) is -2.05. The summed E-state index contributed by atoms with van der Waals surface area (Å²) < 4.78 is 4.98. The summed E-state index contributed by atoms with van der Waals surface area (Å²) >= 11 is 0. The fourth-order valence-corrected chi connectivity index (χ4v) is 3.40. The minimum Gasteiger partial charge on any atom is -0.445 e. The van der Waals surface area contributed by atoms with Gasteiger partial charge in [0.2, 0.25) is 0 Å². The number of hydrogen-bond donors (Lipinski definition) is 0. The molecule has 0 saturated carbocycles. The predicted molar refractivity (Wildman–Crippen MR) is 78.3 cm³/mol. The molecule has 0 radical (unpaired) electrons. The molecule has 0 aromatic heterocycles. The molecule has 1 rings (SSSR count). The third kappa shape index (κ3) is 3.65. The molecule has 1 fully saturated rings. The molecule has 1 aliphatic heterocycles. The van der Waals surface area contributed by atoms with E-state index in [1.165, 1.54) is 11.0 Å². The molecule has 0 aromatic rings. The van der Waals surface area contributed by atoms with E-state index in [0.717, 1.165) is 6.42 Å². The van der Waals surface area contributed by atoms with Crippen molar-refractivity contribution in [1.82, 2.24) is 4.90 Å². The van der Waals surface area contributed by atoms with Crippen LogP contribution in [0, 0.1) is 0 Å². The lowest BCUT2D eigenvalue weighted by Gasteiger charge is -2.22. The fraction of sp³-hybridized carbons (Fsp3) is 0.615. The Morgan fingerprint density at radius 1 is 1.50 bits per heavy atom. The molecule has 0 spiro atoms. The Balaban J connectivity index is 2.89. The summed E-state index contributed by atoms with van der Waals surface area (Å²) in [5.41, 5.74) is 9.11. The van der Waals surface area contributed by atoms with Crippen molar-refractivity contribution in [2.24, 2.45) is 0 Å². The molecule has 0 aliphatic carbocycles. The molecule has 0 aromatic carbocycles. The van der Waals surface area contributed by atoms with Crippen LogP contribution in [0.3, 0.4) is 0 Å². The van der Waals surface area contributed by atoms with E-state index in [9.17, 15) is 9.59 Å². The number of carbonyl (C=O) groups excluding carboxylic acids is 2. The second kappa shape index (κ2) is 6.63. The lowest BCUT2D eigenvalue weighted by atomic mass is 10.1. The van der Waals surface area contributed by atoms with Crippen molar-refractivity contribution in [3.05, 3.63) is 18.2 Å². The molecule has 1 saturated heterocycles. The molecule has 0 bridgehead atoms. The van der Waals surface area contributed by atoms with E-state index in [2.05, 4.69) is 11.4 Å². The number of ketones is 1. The highest BCUT2D eigenvalue weighted by molar-refractivity contribution is 7.12. The summed E-state index contributed by atoms with van der Waals surface area (Å²) in [4.78, 5) is 29.0. The smallest absolute Gasteiger partial charge is 0.410 e. The van der Waals surface area contributed by atoms with Crippen molar-refractivity contribution in [3.63, 3.8) is 0 Å². The maximum atomic E-state index is 12.5. The van der Waals surface area contributed by atoms with Gasteiger partial charge in [-0.3, -0.25) is 9.69 Å². The van der Waals surface area contributed by atoms with Crippen LogP contribution in [-0.4, -0.2) is 54.2 Å². The first-order valence-corrected chi connectivity index (χ1v) is 10.1. The zero-order valence-electron chi connectivity index (χ0n) is 12.3. The molecular formula is C13H21N3O3Si. The van der Waals surface area contributed by atoms with Gasteiger partial charge in [-0.05, 0) is 12.8 Å². The molecule has 6 nitrogen and oxygen atoms in total. The molecule has 110 valence electrons. The normalized spacial score (nSPS) is 18.4. The Bertz CT molecular complexity index is 464. The first-order valence-electron chi connectivity index (χ1n) is 6.64. The van der Waals surface area contributed by atoms with Crippen LogP contribution in [0.5, 0.6) is 0 Å². The van der Waals surface area contributed by atoms with Gasteiger partial charge in [0.25, 0.3) is 5.78 Å². The van der Waals surface area contributed by atoms with Crippen LogP contribution in [0.15, 0.2) is 12.7 Å². The molecule has 0 unspecified atom stereocenters. The topological polar surface area (TPSA) is 83.0 Å². The quantitative estimate of drug-likeness (QED) is 0.255. The molecule has 20 heavy (non-hydrogen) atoms. The largest absolute Gasteiger partial charge is 0.445 e. The highest BCUT2D eigenvalue weighted by atomic mass is 28.3. The number of hydrogen-bond acceptors (Lipinski definition) is 3. The molecule has 1 atom stereocenters. The maximum Gasteiger partial charge on any atom is 0.410 e. The monoisotopic (exact) mass is 295 g/mol. The third-order valence-corrected chi connectivity index (χ3v) is 4.93. The summed E-state index contributed by atoms with van der Waals surface area (Å²) in [5.74, 6) is -0.264. The molecule has 7 heteroatoms. The second-order valence-corrected chi connectivity index (χ2v) is 10.8. The average molecular weight is 295 g/mol. The highest BCUT2D eigenvalue weighted by Crippen LogP contribution is 2.21. The van der Waals surface area contributed by atoms with Gasteiger partial charge in [-0.25, -0.2) is 4.79 Å². The Morgan fingerprint density at radius 2 is 2.15 bits per heavy atom. The van der Waals surface area contributed by atoms with Crippen molar-refractivity contribution >= 4 is 25.3 Å². The Kier molecular flexibility index (Phi) is 5.41. The maximum absolute atomic E-state index is 12.5. The molecule has 1 amide bonds. The number of ether oxygens (including phenoxy) is 1. The standard InChI is InChI=1S/C13H21N3O3Si/c1-5-9-19-13(18)16-8-6-7-10(16)11(17)12(15-14)20(2,3)4/h5,10H,1,6-9H2,2-4H3/t10-/m0/s1. The number of carbonyl (C=O) groups is 2. The van der Waals surface area contributed by atoms with Crippen molar-refractivity contribution < 1.29 is 19.1 Å². The number of amides is 1. The average Bonchev–Trinajstić information content (AvgIpc) is 2.84. The van der Waals surface area contributed by atoms with Gasteiger partial charge in [0.15, 0.2) is 8.07 Å². The Morgan fingerprint density at radius 3 is 2.65 bits per heavy atom. The molecule has 1 aliphatic rings. The van der Waals surface area contributed by atoms with Gasteiger partial charge >= 0.3 is 11.4 Å². The van der Waals surface area contributed by atoms with Gasteiger partial charge in [0.1, 0.15) is 12.6 Å². The SMILES string of the molecule is C=CCOC(=O)N1CCC[C@H]1C(=O)C(=[N+]=[N-])[Si](C)(C)C. The van der Waals surface area contributed by atoms with E-state index in [0.29, 0.717) is 13.0 Å². The van der Waals surface area contributed by atoms with Gasteiger partial charge in [-0.15, -0.1) is 0 Å². The predicted octanol–water partition coefficient (Wildman–Crippen LogP) is 1.89. The lowest BCUT2D eigenvalue weighted by Crippen LogP contribution is -2.50. The van der Waals surface area contributed by atoms with Crippen molar-refractivity contribution in [2.75, 3.05) is 13.2 Å². The summed E-state index contributed by atoms with van der Waals surface area (Å²) in [5, 5.41) is 0.214. The Labute approximate surface area is 120 Å². The highest BCUT2D eigenvalue weighted by Gasteiger charge is 2.45. The van der Waals surface area contributed by atoms with Gasteiger partial charge in [0.05, 0.1) is 0 Å². The van der Waals surface area contributed by atoms with Gasteiger partial charge in [-0.2, -0.15) is 4.79 Å². The van der Waals surface area contributed by atoms with Crippen LogP contribution < -0.4 is 0 Å². The van der Waals surface area contributed by atoms with Crippen LogP contribution in [0.25, 0.3) is 5.53 Å². The molecular weight excluding hydrogens is 274 g/mol. The minimum absolute atomic E-state index is 0.116. The van der Waals surface area contributed by atoms with E-state index in [1.807, 2.05) is 19.6 Å². The Hall–Kier alpha value is -1.72. The summed E-state index contributed by atoms with van der Waals surface area (Å²) in [6, 6.07) is -0.579. The lowest BCUT2D eigenvalue weighted by molar-refractivity contribution is -0.120. The van der Waals surface area contributed by atoms with Crippen molar-refractivity contribution in [2.45, 2.75) is 38.5 Å². The molecule has 1 heterocycles. The van der Waals surface area contributed by atoms with Crippen LogP contribution in [-0.2, 0) is 9.53 Å². The van der Waals surface area contributed by atoms with Crippen molar-refractivity contribution in [3.8, 4) is 0 Å². The fourth-order valence-electron chi connectivity index (χ4n) is 2.20. The van der Waals surface area contributed by atoms with E-state index < -0.39 is 20.2 Å². The summed E-state index contributed by atoms with van der Waals surface area (Å²) in [6.45, 7) is 9.85. The number of nitrogens with zero attached hydrogens (tertiary/aromatic N) is 3. The first kappa shape index (κ1) is 16.3. The minimum atomic E-state index is -2.05. The van der Waals surface area contributed by atoms with E-state index in [4.69, 9.17) is 10.3 Å². The second-order valence-electron chi connectivity index (χ2n) is 5.78.